The smallest absolute Gasteiger partial charge is 0.346 e. The van der Waals surface area contributed by atoms with Gasteiger partial charge in [0.1, 0.15) is 11.9 Å². The Balaban J connectivity index is 1.92. The Morgan fingerprint density at radius 1 is 1.29 bits per heavy atom. The SMILES string of the molecule is NC1=NC(=O)N(Cc2ccccc2)C1c1cc(Br)c(Br)s1. The van der Waals surface area contributed by atoms with Crippen molar-refractivity contribution in [3.63, 3.8) is 0 Å². The van der Waals surface area contributed by atoms with E-state index in [-0.39, 0.29) is 12.1 Å². The number of carbonyl (C=O) groups is 1. The average molecular weight is 429 g/mol. The molecule has 1 aliphatic rings. The molecule has 1 aliphatic heterocycles. The van der Waals surface area contributed by atoms with E-state index in [4.69, 9.17) is 5.73 Å². The molecule has 1 atom stereocenters. The number of thiophene rings is 1. The number of halogens is 2. The van der Waals surface area contributed by atoms with E-state index in [2.05, 4.69) is 36.9 Å². The molecule has 2 N–H and O–H groups in total. The number of nitrogens with two attached hydrogens (primary N) is 1. The Kier molecular flexibility index (Phi) is 4.14. The van der Waals surface area contributed by atoms with Crippen molar-refractivity contribution < 1.29 is 4.79 Å². The van der Waals surface area contributed by atoms with Crippen LogP contribution in [0.1, 0.15) is 16.5 Å². The second kappa shape index (κ2) is 5.90. The fraction of sp³-hybridized carbons (Fsp3) is 0.143. The number of nitrogens with zero attached hydrogens (tertiary/aromatic N) is 2. The molecule has 21 heavy (non-hydrogen) atoms. The van der Waals surface area contributed by atoms with Gasteiger partial charge in [-0.2, -0.15) is 4.99 Å². The molecule has 4 nitrogen and oxygen atoms in total. The number of rotatable bonds is 3. The molecule has 0 spiro atoms. The van der Waals surface area contributed by atoms with Gasteiger partial charge in [-0.05, 0) is 43.5 Å². The second-order valence-electron chi connectivity index (χ2n) is 4.61. The van der Waals surface area contributed by atoms with Gasteiger partial charge in [0, 0.05) is 15.9 Å². The molecule has 1 aromatic heterocycles. The van der Waals surface area contributed by atoms with Crippen LogP contribution in [0.15, 0.2) is 49.6 Å². The van der Waals surface area contributed by atoms with Crippen molar-refractivity contribution in [3.8, 4) is 0 Å². The predicted molar refractivity (Wildman–Crippen MR) is 91.5 cm³/mol. The zero-order chi connectivity index (χ0) is 15.0. The quantitative estimate of drug-likeness (QED) is 0.791. The van der Waals surface area contributed by atoms with Gasteiger partial charge in [-0.1, -0.05) is 30.3 Å². The van der Waals surface area contributed by atoms with Gasteiger partial charge >= 0.3 is 6.03 Å². The fourth-order valence-electron chi connectivity index (χ4n) is 2.24. The van der Waals surface area contributed by atoms with Crippen molar-refractivity contribution in [2.75, 3.05) is 0 Å². The first-order valence-electron chi connectivity index (χ1n) is 6.19. The average Bonchev–Trinajstić information content (AvgIpc) is 2.91. The standard InChI is InChI=1S/C14H11Br2N3OS/c15-9-6-10(21-12(9)16)11-13(17)18-14(20)19(11)7-8-4-2-1-3-5-8/h1-6,11H,7H2,(H2,17,18,20). The molecule has 2 heterocycles. The van der Waals surface area contributed by atoms with Crippen LogP contribution in [0.5, 0.6) is 0 Å². The van der Waals surface area contributed by atoms with E-state index >= 15 is 0 Å². The van der Waals surface area contributed by atoms with Gasteiger partial charge in [-0.15, -0.1) is 11.3 Å². The molecule has 3 rings (SSSR count). The monoisotopic (exact) mass is 427 g/mol. The van der Waals surface area contributed by atoms with Gasteiger partial charge < -0.3 is 10.6 Å². The first kappa shape index (κ1) is 14.7. The lowest BCUT2D eigenvalue weighted by Gasteiger charge is -2.23. The van der Waals surface area contributed by atoms with Crippen molar-refractivity contribution in [1.29, 1.82) is 0 Å². The molecule has 0 saturated heterocycles. The third-order valence-corrected chi connectivity index (χ3v) is 6.50. The van der Waals surface area contributed by atoms with E-state index < -0.39 is 0 Å². The lowest BCUT2D eigenvalue weighted by Crippen LogP contribution is -2.32. The zero-order valence-corrected chi connectivity index (χ0v) is 14.8. The molecule has 0 fully saturated rings. The largest absolute Gasteiger partial charge is 0.385 e. The van der Waals surface area contributed by atoms with E-state index in [9.17, 15) is 4.79 Å². The Morgan fingerprint density at radius 2 is 2.00 bits per heavy atom. The third-order valence-electron chi connectivity index (χ3n) is 3.19. The van der Waals surface area contributed by atoms with Gasteiger partial charge in [-0.3, -0.25) is 0 Å². The number of carbonyl (C=O) groups excluding carboxylic acids is 1. The molecule has 1 unspecified atom stereocenters. The summed E-state index contributed by atoms with van der Waals surface area (Å²) in [6.45, 7) is 0.488. The molecule has 7 heteroatoms. The summed E-state index contributed by atoms with van der Waals surface area (Å²) in [4.78, 5) is 18.7. The second-order valence-corrected chi connectivity index (χ2v) is 7.86. The fourth-order valence-corrected chi connectivity index (χ4v) is 4.46. The van der Waals surface area contributed by atoms with Crippen molar-refractivity contribution in [1.82, 2.24) is 4.90 Å². The molecule has 1 aromatic carbocycles. The van der Waals surface area contributed by atoms with Gasteiger partial charge in [0.15, 0.2) is 0 Å². The van der Waals surface area contributed by atoms with Crippen molar-refractivity contribution >= 4 is 55.1 Å². The summed E-state index contributed by atoms with van der Waals surface area (Å²) in [5.41, 5.74) is 7.02. The number of amides is 2. The number of aliphatic imine (C=N–C) groups is 1. The summed E-state index contributed by atoms with van der Waals surface area (Å²) < 4.78 is 1.93. The molecular formula is C14H11Br2N3OS. The van der Waals surface area contributed by atoms with Crippen LogP contribution in [0.3, 0.4) is 0 Å². The summed E-state index contributed by atoms with van der Waals surface area (Å²) >= 11 is 8.48. The summed E-state index contributed by atoms with van der Waals surface area (Å²) in [6.07, 6.45) is 0. The normalized spacial score (nSPS) is 18.2. The maximum Gasteiger partial charge on any atom is 0.346 e. The van der Waals surface area contributed by atoms with Crippen molar-refractivity contribution in [3.05, 3.63) is 55.1 Å². The maximum absolute atomic E-state index is 12.1. The molecule has 2 amide bonds. The lowest BCUT2D eigenvalue weighted by molar-refractivity contribution is 0.204. The topological polar surface area (TPSA) is 58.7 Å². The van der Waals surface area contributed by atoms with E-state index in [1.807, 2.05) is 36.4 Å². The highest BCUT2D eigenvalue weighted by atomic mass is 79.9. The van der Waals surface area contributed by atoms with E-state index in [1.165, 1.54) is 0 Å². The van der Waals surface area contributed by atoms with Crippen LogP contribution in [-0.2, 0) is 6.54 Å². The van der Waals surface area contributed by atoms with Gasteiger partial charge in [0.25, 0.3) is 0 Å². The first-order chi connectivity index (χ1) is 10.1. The van der Waals surface area contributed by atoms with Crippen LogP contribution in [-0.4, -0.2) is 16.8 Å². The number of urea groups is 1. The maximum atomic E-state index is 12.1. The Hall–Kier alpha value is -1.18. The number of amidine groups is 1. The van der Waals surface area contributed by atoms with Crippen LogP contribution in [0, 0.1) is 0 Å². The van der Waals surface area contributed by atoms with Crippen molar-refractivity contribution in [2.45, 2.75) is 12.6 Å². The summed E-state index contributed by atoms with van der Waals surface area (Å²) in [5, 5.41) is 0. The minimum absolute atomic E-state index is 0.290. The van der Waals surface area contributed by atoms with Crippen LogP contribution in [0.25, 0.3) is 0 Å². The van der Waals surface area contributed by atoms with Crippen LogP contribution in [0.2, 0.25) is 0 Å². The van der Waals surface area contributed by atoms with Crippen LogP contribution < -0.4 is 5.73 Å². The first-order valence-corrected chi connectivity index (χ1v) is 8.60. The van der Waals surface area contributed by atoms with Crippen LogP contribution in [0.4, 0.5) is 4.79 Å². The highest BCUT2D eigenvalue weighted by Gasteiger charge is 2.35. The highest BCUT2D eigenvalue weighted by molar-refractivity contribution is 9.13. The number of hydrogen-bond donors (Lipinski definition) is 1. The van der Waals surface area contributed by atoms with Crippen LogP contribution >= 0.6 is 43.2 Å². The molecular weight excluding hydrogens is 418 g/mol. The summed E-state index contributed by atoms with van der Waals surface area (Å²) in [5.74, 6) is 0.345. The molecule has 2 aromatic rings. The molecule has 0 aliphatic carbocycles. The van der Waals surface area contributed by atoms with E-state index in [0.717, 1.165) is 18.7 Å². The van der Waals surface area contributed by atoms with Gasteiger partial charge in [-0.25, -0.2) is 4.79 Å². The molecule has 0 bridgehead atoms. The van der Waals surface area contributed by atoms with E-state index in [0.29, 0.717) is 12.4 Å². The lowest BCUT2D eigenvalue weighted by atomic mass is 10.1. The van der Waals surface area contributed by atoms with Gasteiger partial charge in [0.05, 0.1) is 3.79 Å². The number of hydrogen-bond acceptors (Lipinski definition) is 3. The predicted octanol–water partition coefficient (Wildman–Crippen LogP) is 4.31. The zero-order valence-electron chi connectivity index (χ0n) is 10.8. The Labute approximate surface area is 142 Å². The third kappa shape index (κ3) is 2.90. The van der Waals surface area contributed by atoms with Crippen molar-refractivity contribution in [2.24, 2.45) is 10.7 Å². The Morgan fingerprint density at radius 3 is 2.62 bits per heavy atom. The highest BCUT2D eigenvalue weighted by Crippen LogP contribution is 2.39. The molecule has 108 valence electrons. The minimum atomic E-state index is -0.301. The molecule has 0 saturated carbocycles. The molecule has 0 radical (unpaired) electrons. The summed E-state index contributed by atoms with van der Waals surface area (Å²) in [6, 6.07) is 11.2. The number of benzene rings is 1. The minimum Gasteiger partial charge on any atom is -0.385 e. The van der Waals surface area contributed by atoms with Gasteiger partial charge in [0.2, 0.25) is 0 Å². The Bertz CT molecular complexity index is 695. The summed E-state index contributed by atoms with van der Waals surface area (Å²) in [7, 11) is 0. The van der Waals surface area contributed by atoms with E-state index in [1.54, 1.807) is 16.2 Å².